The Bertz CT molecular complexity index is 514. The van der Waals surface area contributed by atoms with Crippen LogP contribution in [0.2, 0.25) is 0 Å². The van der Waals surface area contributed by atoms with E-state index in [0.29, 0.717) is 33.2 Å². The van der Waals surface area contributed by atoms with E-state index in [9.17, 15) is 0 Å². The van der Waals surface area contributed by atoms with E-state index in [1.54, 1.807) is 14.2 Å². The van der Waals surface area contributed by atoms with Crippen molar-refractivity contribution in [3.8, 4) is 11.5 Å². The Morgan fingerprint density at radius 3 is 2.71 bits per heavy atom. The molecule has 0 amide bonds. The van der Waals surface area contributed by atoms with Crippen LogP contribution in [0.1, 0.15) is 5.56 Å². The first-order chi connectivity index (χ1) is 11.3. The lowest BCUT2D eigenvalue weighted by Gasteiger charge is -2.12. The molecule has 1 aromatic carbocycles. The lowest BCUT2D eigenvalue weighted by Crippen LogP contribution is -2.39. The molecule has 1 aromatic rings. The molecule has 0 unspecified atom stereocenters. The molecule has 1 aliphatic rings. The molecule has 8 heteroatoms. The third-order valence-corrected chi connectivity index (χ3v) is 3.34. The minimum atomic E-state index is 0. The van der Waals surface area contributed by atoms with Gasteiger partial charge in [0.2, 0.25) is 6.79 Å². The van der Waals surface area contributed by atoms with Crippen molar-refractivity contribution in [1.29, 1.82) is 0 Å². The number of fused-ring (bicyclic) bond motifs is 1. The SMILES string of the molecule is CN=C(NCCOCCOC)NCCc1ccc2c(c1)OCO2.I. The van der Waals surface area contributed by atoms with Gasteiger partial charge in [0.05, 0.1) is 19.8 Å². The molecule has 1 aliphatic heterocycles. The summed E-state index contributed by atoms with van der Waals surface area (Å²) in [6.45, 7) is 3.63. The fourth-order valence-electron chi connectivity index (χ4n) is 2.13. The van der Waals surface area contributed by atoms with Crippen molar-refractivity contribution < 1.29 is 18.9 Å². The molecule has 2 N–H and O–H groups in total. The van der Waals surface area contributed by atoms with E-state index in [1.165, 1.54) is 5.56 Å². The predicted octanol–water partition coefficient (Wildman–Crippen LogP) is 1.40. The second-order valence-electron chi connectivity index (χ2n) is 4.97. The van der Waals surface area contributed by atoms with Gasteiger partial charge in [0.1, 0.15) is 0 Å². The molecule has 0 radical (unpaired) electrons. The Hall–Kier alpha value is -1.26. The van der Waals surface area contributed by atoms with Crippen molar-refractivity contribution in [3.05, 3.63) is 23.8 Å². The van der Waals surface area contributed by atoms with Gasteiger partial charge in [-0.3, -0.25) is 4.99 Å². The standard InChI is InChI=1S/C16H25N3O4.HI/c1-17-16(19-7-8-21-10-9-20-2)18-6-5-13-3-4-14-15(11-13)23-12-22-14;/h3-4,11H,5-10,12H2,1-2H3,(H2,17,18,19);1H. The molecule has 0 bridgehead atoms. The van der Waals surface area contributed by atoms with Crippen LogP contribution in [0, 0.1) is 0 Å². The molecule has 24 heavy (non-hydrogen) atoms. The van der Waals surface area contributed by atoms with E-state index in [1.807, 2.05) is 12.1 Å². The van der Waals surface area contributed by atoms with Crippen LogP contribution >= 0.6 is 24.0 Å². The smallest absolute Gasteiger partial charge is 0.231 e. The highest BCUT2D eigenvalue weighted by Crippen LogP contribution is 2.32. The number of methoxy groups -OCH3 is 1. The van der Waals surface area contributed by atoms with Gasteiger partial charge in [0.25, 0.3) is 0 Å². The number of ether oxygens (including phenoxy) is 4. The first-order valence-corrected chi connectivity index (χ1v) is 7.73. The average Bonchev–Trinajstić information content (AvgIpc) is 3.04. The maximum atomic E-state index is 5.39. The molecule has 0 spiro atoms. The first kappa shape index (κ1) is 20.8. The number of hydrogen-bond acceptors (Lipinski definition) is 5. The highest BCUT2D eigenvalue weighted by molar-refractivity contribution is 14.0. The van der Waals surface area contributed by atoms with Gasteiger partial charge in [-0.2, -0.15) is 0 Å². The normalized spacial score (nSPS) is 12.7. The van der Waals surface area contributed by atoms with Gasteiger partial charge in [-0.25, -0.2) is 0 Å². The van der Waals surface area contributed by atoms with Gasteiger partial charge < -0.3 is 29.6 Å². The number of benzene rings is 1. The number of aliphatic imine (C=N–C) groups is 1. The third kappa shape index (κ3) is 7.10. The molecule has 2 rings (SSSR count). The lowest BCUT2D eigenvalue weighted by atomic mass is 10.1. The largest absolute Gasteiger partial charge is 0.454 e. The van der Waals surface area contributed by atoms with Gasteiger partial charge in [0.15, 0.2) is 17.5 Å². The molecule has 0 aliphatic carbocycles. The number of guanidine groups is 1. The maximum absolute atomic E-state index is 5.39. The zero-order chi connectivity index (χ0) is 16.3. The fourth-order valence-corrected chi connectivity index (χ4v) is 2.13. The van der Waals surface area contributed by atoms with Crippen LogP contribution in [0.5, 0.6) is 11.5 Å². The molecule has 1 heterocycles. The van der Waals surface area contributed by atoms with Crippen molar-refractivity contribution in [2.75, 3.05) is 53.9 Å². The zero-order valence-corrected chi connectivity index (χ0v) is 16.5. The number of hydrogen-bond donors (Lipinski definition) is 2. The van der Waals surface area contributed by atoms with Crippen molar-refractivity contribution in [2.45, 2.75) is 6.42 Å². The molecule has 0 saturated heterocycles. The Morgan fingerprint density at radius 1 is 1.12 bits per heavy atom. The number of nitrogens with one attached hydrogen (secondary N) is 2. The highest BCUT2D eigenvalue weighted by Gasteiger charge is 2.12. The van der Waals surface area contributed by atoms with Gasteiger partial charge in [-0.05, 0) is 24.1 Å². The third-order valence-electron chi connectivity index (χ3n) is 3.34. The van der Waals surface area contributed by atoms with Gasteiger partial charge in [0, 0.05) is 27.2 Å². The Labute approximate surface area is 160 Å². The summed E-state index contributed by atoms with van der Waals surface area (Å²) in [5.41, 5.74) is 1.19. The molecule has 0 fully saturated rings. The van der Waals surface area contributed by atoms with Crippen LogP contribution in [-0.2, 0) is 15.9 Å². The van der Waals surface area contributed by atoms with E-state index in [2.05, 4.69) is 21.7 Å². The van der Waals surface area contributed by atoms with Crippen LogP contribution in [0.15, 0.2) is 23.2 Å². The Morgan fingerprint density at radius 2 is 1.92 bits per heavy atom. The van der Waals surface area contributed by atoms with E-state index in [4.69, 9.17) is 18.9 Å². The summed E-state index contributed by atoms with van der Waals surface area (Å²) in [7, 11) is 3.41. The molecule has 0 atom stereocenters. The topological polar surface area (TPSA) is 73.3 Å². The lowest BCUT2D eigenvalue weighted by molar-refractivity contribution is 0.0733. The number of halogens is 1. The van der Waals surface area contributed by atoms with Crippen molar-refractivity contribution in [1.82, 2.24) is 10.6 Å². The maximum Gasteiger partial charge on any atom is 0.231 e. The predicted molar refractivity (Wildman–Crippen MR) is 104 cm³/mol. The summed E-state index contributed by atoms with van der Waals surface area (Å²) in [4.78, 5) is 4.18. The molecular weight excluding hydrogens is 425 g/mol. The van der Waals surface area contributed by atoms with Gasteiger partial charge in [-0.1, -0.05) is 6.07 Å². The Kier molecular flexibility index (Phi) is 10.5. The van der Waals surface area contributed by atoms with Crippen molar-refractivity contribution in [2.24, 2.45) is 4.99 Å². The molecule has 7 nitrogen and oxygen atoms in total. The summed E-state index contributed by atoms with van der Waals surface area (Å²) in [6.07, 6.45) is 0.877. The summed E-state index contributed by atoms with van der Waals surface area (Å²) < 4.78 is 21.0. The average molecular weight is 451 g/mol. The highest BCUT2D eigenvalue weighted by atomic mass is 127. The van der Waals surface area contributed by atoms with Crippen LogP contribution < -0.4 is 20.1 Å². The van der Waals surface area contributed by atoms with Gasteiger partial charge >= 0.3 is 0 Å². The zero-order valence-electron chi connectivity index (χ0n) is 14.2. The minimum absolute atomic E-state index is 0. The number of rotatable bonds is 9. The number of nitrogens with zero attached hydrogens (tertiary/aromatic N) is 1. The first-order valence-electron chi connectivity index (χ1n) is 7.73. The van der Waals surface area contributed by atoms with Crippen LogP contribution in [0.4, 0.5) is 0 Å². The van der Waals surface area contributed by atoms with E-state index in [-0.39, 0.29) is 24.0 Å². The monoisotopic (exact) mass is 451 g/mol. The minimum Gasteiger partial charge on any atom is -0.454 e. The van der Waals surface area contributed by atoms with E-state index in [0.717, 1.165) is 30.4 Å². The second kappa shape index (κ2) is 12.2. The Balaban J connectivity index is 0.00000288. The molecule has 136 valence electrons. The summed E-state index contributed by atoms with van der Waals surface area (Å²) in [5.74, 6) is 2.40. The van der Waals surface area contributed by atoms with Crippen molar-refractivity contribution in [3.63, 3.8) is 0 Å². The van der Waals surface area contributed by atoms with Crippen LogP contribution in [0.3, 0.4) is 0 Å². The van der Waals surface area contributed by atoms with Crippen LogP contribution in [-0.4, -0.2) is 59.8 Å². The van der Waals surface area contributed by atoms with Crippen LogP contribution in [0.25, 0.3) is 0 Å². The van der Waals surface area contributed by atoms with Crippen molar-refractivity contribution >= 4 is 29.9 Å². The summed E-state index contributed by atoms with van der Waals surface area (Å²) in [5, 5.41) is 6.48. The quantitative estimate of drug-likeness (QED) is 0.256. The molecule has 0 saturated carbocycles. The van der Waals surface area contributed by atoms with Gasteiger partial charge in [-0.15, -0.1) is 24.0 Å². The van der Waals surface area contributed by atoms with E-state index >= 15 is 0 Å². The second-order valence-corrected chi connectivity index (χ2v) is 4.97. The fraction of sp³-hybridized carbons (Fsp3) is 0.562. The van der Waals surface area contributed by atoms with E-state index < -0.39 is 0 Å². The molecule has 0 aromatic heterocycles. The summed E-state index contributed by atoms with van der Waals surface area (Å²) >= 11 is 0. The summed E-state index contributed by atoms with van der Waals surface area (Å²) in [6, 6.07) is 6.01. The molecular formula is C16H26IN3O4.